The smallest absolute Gasteiger partial charge is 0.322 e. The number of amides is 2. The highest BCUT2D eigenvalue weighted by Crippen LogP contribution is 2.67. The maximum Gasteiger partial charge on any atom is 0.322 e. The van der Waals surface area contributed by atoms with Crippen LogP contribution in [0, 0.1) is 34.5 Å². The molecule has 0 aromatic heterocycles. The van der Waals surface area contributed by atoms with Gasteiger partial charge in [-0.15, -0.1) is 0 Å². The van der Waals surface area contributed by atoms with E-state index in [1.807, 2.05) is 6.92 Å². The van der Waals surface area contributed by atoms with Crippen LogP contribution in [0.5, 0.6) is 0 Å². The molecule has 2 amide bonds. The van der Waals surface area contributed by atoms with Gasteiger partial charge in [-0.2, -0.15) is 0 Å². The number of hydrogen-bond donors (Lipinski definition) is 5. The van der Waals surface area contributed by atoms with E-state index in [1.165, 1.54) is 0 Å². The van der Waals surface area contributed by atoms with Crippen molar-refractivity contribution in [2.75, 3.05) is 13.2 Å². The molecule has 3 saturated carbocycles. The number of aliphatic carboxylic acids is 1. The summed E-state index contributed by atoms with van der Waals surface area (Å²) in [5.74, 6) is -4.15. The highest BCUT2D eigenvalue weighted by atomic mass is 16.5. The first-order valence-corrected chi connectivity index (χ1v) is 15.7. The molecule has 0 heterocycles. The quantitative estimate of drug-likeness (QED) is 0.211. The average Bonchev–Trinajstić information content (AvgIpc) is 3.22. The Morgan fingerprint density at radius 3 is 2.43 bits per heavy atom. The maximum atomic E-state index is 13.4. The fourth-order valence-electron chi connectivity index (χ4n) is 8.76. The van der Waals surface area contributed by atoms with E-state index in [0.29, 0.717) is 19.3 Å². The summed E-state index contributed by atoms with van der Waals surface area (Å²) in [5.41, 5.74) is -1.88. The topological polar surface area (TPSA) is 196 Å². The fraction of sp³-hybridized carbons (Fsp3) is 0.750. The van der Waals surface area contributed by atoms with E-state index in [9.17, 15) is 39.0 Å². The molecule has 12 nitrogen and oxygen atoms in total. The lowest BCUT2D eigenvalue weighted by Crippen LogP contribution is -2.62. The van der Waals surface area contributed by atoms with E-state index >= 15 is 0 Å². The van der Waals surface area contributed by atoms with Crippen LogP contribution in [0.25, 0.3) is 0 Å². The Balaban J connectivity index is 1.33. The molecule has 244 valence electrons. The molecule has 0 saturated heterocycles. The summed E-state index contributed by atoms with van der Waals surface area (Å²) in [4.78, 5) is 73.4. The predicted molar refractivity (Wildman–Crippen MR) is 156 cm³/mol. The van der Waals surface area contributed by atoms with Crippen LogP contribution in [0.1, 0.15) is 85.5 Å². The largest absolute Gasteiger partial charge is 0.480 e. The molecule has 0 aromatic carbocycles. The summed E-state index contributed by atoms with van der Waals surface area (Å²) in [6, 6.07) is -0.995. The van der Waals surface area contributed by atoms with E-state index in [-0.39, 0.29) is 60.6 Å². The molecule has 0 radical (unpaired) electrons. The number of Topliss-reactive ketones (excluding diaryl/α,β-unsaturated/α-hetero) is 1. The Morgan fingerprint density at radius 1 is 1.07 bits per heavy atom. The summed E-state index contributed by atoms with van der Waals surface area (Å²) in [5, 5.41) is 36.8. The van der Waals surface area contributed by atoms with E-state index < -0.39 is 65.8 Å². The lowest BCUT2D eigenvalue weighted by atomic mass is 9.45. The molecule has 4 rings (SSSR count). The molecule has 8 atom stereocenters. The van der Waals surface area contributed by atoms with Crippen LogP contribution in [-0.2, 0) is 33.5 Å². The van der Waals surface area contributed by atoms with Crippen LogP contribution >= 0.6 is 0 Å². The van der Waals surface area contributed by atoms with Gasteiger partial charge in [0.15, 0.2) is 12.4 Å². The summed E-state index contributed by atoms with van der Waals surface area (Å²) >= 11 is 0. The van der Waals surface area contributed by atoms with Crippen LogP contribution in [0.4, 0.5) is 0 Å². The van der Waals surface area contributed by atoms with Gasteiger partial charge in [0.05, 0.1) is 12.5 Å². The molecule has 12 heteroatoms. The Hall–Kier alpha value is -3.12. The summed E-state index contributed by atoms with van der Waals surface area (Å²) in [6.07, 6.45) is 4.01. The van der Waals surface area contributed by atoms with Crippen molar-refractivity contribution in [3.63, 3.8) is 0 Å². The van der Waals surface area contributed by atoms with Crippen molar-refractivity contribution < 1.29 is 48.8 Å². The number of ether oxygens (including phenoxy) is 1. The number of aliphatic hydroxyl groups excluding tert-OH is 1. The SMILES string of the molecule is CC(C)[C@H](NC(=O)CCC(=O)OCC(=O)[C@@]1(O)CC[C@H]2[C@@H]3CCC4=CC(=O)CC[C@]4(C)[C@H]3[C@H](O)C[C@@]21C)C(=O)NCC(=O)O. The zero-order valence-electron chi connectivity index (χ0n) is 26.0. The molecule has 0 bridgehead atoms. The zero-order valence-corrected chi connectivity index (χ0v) is 26.0. The number of rotatable bonds is 11. The molecule has 4 aliphatic carbocycles. The number of ketones is 2. The number of hydrogen-bond acceptors (Lipinski definition) is 9. The predicted octanol–water partition coefficient (Wildman–Crippen LogP) is 1.45. The van der Waals surface area contributed by atoms with Crippen LogP contribution in [0.15, 0.2) is 11.6 Å². The number of allylic oxidation sites excluding steroid dienone is 1. The summed E-state index contributed by atoms with van der Waals surface area (Å²) in [7, 11) is 0. The van der Waals surface area contributed by atoms with Crippen molar-refractivity contribution in [2.45, 2.75) is 103 Å². The second kappa shape index (κ2) is 12.7. The highest BCUT2D eigenvalue weighted by molar-refractivity contribution is 5.93. The number of carboxylic acids is 1. The molecule has 44 heavy (non-hydrogen) atoms. The van der Waals surface area contributed by atoms with E-state index in [0.717, 1.165) is 18.4 Å². The average molecular weight is 619 g/mol. The monoisotopic (exact) mass is 618 g/mol. The molecule has 0 unspecified atom stereocenters. The third kappa shape index (κ3) is 6.20. The van der Waals surface area contributed by atoms with Gasteiger partial charge in [-0.1, -0.05) is 33.3 Å². The third-order valence-corrected chi connectivity index (χ3v) is 11.1. The van der Waals surface area contributed by atoms with Gasteiger partial charge < -0.3 is 30.7 Å². The van der Waals surface area contributed by atoms with Crippen molar-refractivity contribution in [3.05, 3.63) is 11.6 Å². The van der Waals surface area contributed by atoms with Crippen molar-refractivity contribution in [1.29, 1.82) is 0 Å². The number of esters is 1. The van der Waals surface area contributed by atoms with Gasteiger partial charge in [-0.3, -0.25) is 28.8 Å². The van der Waals surface area contributed by atoms with Gasteiger partial charge in [0.2, 0.25) is 17.6 Å². The van der Waals surface area contributed by atoms with E-state index in [2.05, 4.69) is 17.6 Å². The Labute approximate surface area is 257 Å². The van der Waals surface area contributed by atoms with Crippen LogP contribution in [0.2, 0.25) is 0 Å². The van der Waals surface area contributed by atoms with Crippen LogP contribution < -0.4 is 10.6 Å². The lowest BCUT2D eigenvalue weighted by Gasteiger charge is -2.60. The third-order valence-electron chi connectivity index (χ3n) is 11.1. The van der Waals surface area contributed by atoms with Crippen molar-refractivity contribution in [3.8, 4) is 0 Å². The second-order valence-corrected chi connectivity index (χ2v) is 14.0. The second-order valence-electron chi connectivity index (χ2n) is 14.0. The molecule has 0 aliphatic heterocycles. The number of nitrogens with one attached hydrogen (secondary N) is 2. The first kappa shape index (κ1) is 33.8. The van der Waals surface area contributed by atoms with Gasteiger partial charge in [-0.25, -0.2) is 0 Å². The lowest BCUT2D eigenvalue weighted by molar-refractivity contribution is -0.184. The number of aliphatic hydroxyl groups is 2. The molecular weight excluding hydrogens is 572 g/mol. The molecule has 5 N–H and O–H groups in total. The fourth-order valence-corrected chi connectivity index (χ4v) is 8.76. The molecule has 0 spiro atoms. The van der Waals surface area contributed by atoms with E-state index in [1.54, 1.807) is 19.9 Å². The highest BCUT2D eigenvalue weighted by Gasteiger charge is 2.68. The molecule has 4 aliphatic rings. The van der Waals surface area contributed by atoms with Gasteiger partial charge in [0, 0.05) is 18.3 Å². The Morgan fingerprint density at radius 2 is 1.77 bits per heavy atom. The van der Waals surface area contributed by atoms with Gasteiger partial charge in [0.25, 0.3) is 0 Å². The summed E-state index contributed by atoms with van der Waals surface area (Å²) in [6.45, 7) is 6.08. The van der Waals surface area contributed by atoms with Gasteiger partial charge >= 0.3 is 11.9 Å². The minimum Gasteiger partial charge on any atom is -0.480 e. The first-order valence-electron chi connectivity index (χ1n) is 15.7. The van der Waals surface area contributed by atoms with Crippen molar-refractivity contribution >= 4 is 35.3 Å². The summed E-state index contributed by atoms with van der Waals surface area (Å²) < 4.78 is 5.18. The normalized spacial score (nSPS) is 35.0. The maximum absolute atomic E-state index is 13.4. The van der Waals surface area contributed by atoms with Crippen molar-refractivity contribution in [2.24, 2.45) is 34.5 Å². The minimum absolute atomic E-state index is 0.0122. The Bertz CT molecular complexity index is 1250. The molecular formula is C32H46N2O10. The standard InChI is InChI=1S/C32H46N2O10/c1-17(2)28(29(42)33-15-25(39)40)34-24(38)7-8-26(41)44-16-23(37)32(43)12-10-21-20-6-5-18-13-19(35)9-11-30(18,3)27(20)22(36)14-31(21,32)4/h13,17,20-22,27-28,36,43H,5-12,14-16H2,1-4H3,(H,33,42)(H,34,38)(H,39,40)/t20-,21-,22+,27+,28-,30-,31-,32-/m0/s1. The van der Waals surface area contributed by atoms with Gasteiger partial charge in [0.1, 0.15) is 18.2 Å². The molecule has 0 aromatic rings. The minimum atomic E-state index is -1.78. The van der Waals surface area contributed by atoms with Crippen LogP contribution in [-0.4, -0.2) is 81.5 Å². The number of fused-ring (bicyclic) bond motifs is 5. The Kier molecular flexibility index (Phi) is 9.75. The van der Waals surface area contributed by atoms with Crippen molar-refractivity contribution in [1.82, 2.24) is 10.6 Å². The molecule has 3 fully saturated rings. The van der Waals surface area contributed by atoms with E-state index in [4.69, 9.17) is 9.84 Å². The number of carbonyl (C=O) groups is 6. The van der Waals surface area contributed by atoms with Gasteiger partial charge in [-0.05, 0) is 73.7 Å². The first-order chi connectivity index (χ1) is 20.5. The zero-order chi connectivity index (χ0) is 32.6. The van der Waals surface area contributed by atoms with Crippen LogP contribution in [0.3, 0.4) is 0 Å². The number of carboxylic acid groups (broad SMARTS) is 1. The number of carbonyl (C=O) groups excluding carboxylic acids is 5.